The maximum Gasteiger partial charge on any atom is 0.188 e. The highest BCUT2D eigenvalue weighted by Crippen LogP contribution is 2.19. The minimum Gasteiger partial charge on any atom is -0.299 e. The average Bonchev–Trinajstić information content (AvgIpc) is 2.20. The lowest BCUT2D eigenvalue weighted by Crippen LogP contribution is -2.25. The lowest BCUT2D eigenvalue weighted by Gasteiger charge is -2.11. The molecule has 1 unspecified atom stereocenters. The van der Waals surface area contributed by atoms with E-state index in [1.807, 2.05) is 13.8 Å². The van der Waals surface area contributed by atoms with Gasteiger partial charge in [0.2, 0.25) is 0 Å². The molecule has 0 aliphatic rings. The number of aryl methyl sites for hydroxylation is 2. The molecule has 0 aliphatic heterocycles. The van der Waals surface area contributed by atoms with Gasteiger partial charge in [0.1, 0.15) is 11.0 Å². The zero-order chi connectivity index (χ0) is 12.5. The highest BCUT2D eigenvalue weighted by molar-refractivity contribution is 7.92. The Morgan fingerprint density at radius 2 is 1.75 bits per heavy atom. The number of hydrogen-bond acceptors (Lipinski definition) is 3. The Kier molecular flexibility index (Phi) is 3.53. The summed E-state index contributed by atoms with van der Waals surface area (Å²) < 4.78 is 24.0. The van der Waals surface area contributed by atoms with Crippen LogP contribution in [0.25, 0.3) is 0 Å². The van der Waals surface area contributed by atoms with Crippen molar-refractivity contribution >= 4 is 15.6 Å². The van der Waals surface area contributed by atoms with Crippen LogP contribution in [0.2, 0.25) is 0 Å². The third kappa shape index (κ3) is 2.32. The van der Waals surface area contributed by atoms with E-state index in [0.29, 0.717) is 0 Å². The van der Waals surface area contributed by atoms with Gasteiger partial charge in [0, 0.05) is 0 Å². The SMILES string of the molecule is CC(=O)C(C)S(=O)(=O)c1ccc(C)c(C)c1. The number of ketones is 1. The number of Topliss-reactive ketones (excluding diaryl/α,β-unsaturated/α-hetero) is 1. The fourth-order valence-corrected chi connectivity index (χ4v) is 2.76. The quantitative estimate of drug-likeness (QED) is 0.812. The fourth-order valence-electron chi connectivity index (χ4n) is 1.31. The minimum atomic E-state index is -3.53. The van der Waals surface area contributed by atoms with Crippen molar-refractivity contribution in [3.05, 3.63) is 29.3 Å². The van der Waals surface area contributed by atoms with Crippen LogP contribution in [0, 0.1) is 13.8 Å². The Morgan fingerprint density at radius 3 is 2.19 bits per heavy atom. The van der Waals surface area contributed by atoms with E-state index in [1.165, 1.54) is 13.8 Å². The highest BCUT2D eigenvalue weighted by atomic mass is 32.2. The monoisotopic (exact) mass is 240 g/mol. The third-order valence-corrected chi connectivity index (χ3v) is 5.02. The second-order valence-corrected chi connectivity index (χ2v) is 6.31. The van der Waals surface area contributed by atoms with Crippen LogP contribution in [0.1, 0.15) is 25.0 Å². The zero-order valence-corrected chi connectivity index (χ0v) is 10.8. The highest BCUT2D eigenvalue weighted by Gasteiger charge is 2.26. The number of sulfone groups is 1. The van der Waals surface area contributed by atoms with E-state index in [4.69, 9.17) is 0 Å². The van der Waals surface area contributed by atoms with E-state index in [1.54, 1.807) is 18.2 Å². The molecule has 1 aromatic rings. The van der Waals surface area contributed by atoms with Crippen molar-refractivity contribution in [1.82, 2.24) is 0 Å². The normalized spacial score (nSPS) is 13.5. The average molecular weight is 240 g/mol. The standard InChI is InChI=1S/C12H16O3S/c1-8-5-6-12(7-9(8)2)16(14,15)11(4)10(3)13/h5-7,11H,1-4H3. The molecule has 4 heteroatoms. The first-order chi connectivity index (χ1) is 7.26. The van der Waals surface area contributed by atoms with Crippen LogP contribution in [-0.4, -0.2) is 19.5 Å². The first-order valence-electron chi connectivity index (χ1n) is 5.08. The lowest BCUT2D eigenvalue weighted by molar-refractivity contribution is -0.116. The van der Waals surface area contributed by atoms with E-state index < -0.39 is 15.1 Å². The van der Waals surface area contributed by atoms with Crippen LogP contribution in [0.3, 0.4) is 0 Å². The zero-order valence-electron chi connectivity index (χ0n) is 9.94. The maximum atomic E-state index is 12.0. The van der Waals surface area contributed by atoms with Gasteiger partial charge in [-0.3, -0.25) is 4.79 Å². The van der Waals surface area contributed by atoms with Crippen molar-refractivity contribution in [2.45, 2.75) is 37.8 Å². The summed E-state index contributed by atoms with van der Waals surface area (Å²) in [6, 6.07) is 4.93. The van der Waals surface area contributed by atoms with Gasteiger partial charge in [-0.1, -0.05) is 6.07 Å². The molecular formula is C12H16O3S. The van der Waals surface area contributed by atoms with Gasteiger partial charge in [-0.15, -0.1) is 0 Å². The van der Waals surface area contributed by atoms with Crippen molar-refractivity contribution in [2.24, 2.45) is 0 Å². The molecule has 0 fully saturated rings. The summed E-state index contributed by atoms with van der Waals surface area (Å²) in [5.74, 6) is -0.335. The molecule has 1 rings (SSSR count). The van der Waals surface area contributed by atoms with Gasteiger partial charge in [-0.05, 0) is 51.0 Å². The topological polar surface area (TPSA) is 51.2 Å². The van der Waals surface area contributed by atoms with Crippen molar-refractivity contribution in [3.63, 3.8) is 0 Å². The van der Waals surface area contributed by atoms with Gasteiger partial charge in [0.25, 0.3) is 0 Å². The number of hydrogen-bond donors (Lipinski definition) is 0. The van der Waals surface area contributed by atoms with E-state index in [9.17, 15) is 13.2 Å². The van der Waals surface area contributed by atoms with Crippen molar-refractivity contribution in [1.29, 1.82) is 0 Å². The van der Waals surface area contributed by atoms with Crippen molar-refractivity contribution in [2.75, 3.05) is 0 Å². The van der Waals surface area contributed by atoms with E-state index in [0.717, 1.165) is 11.1 Å². The van der Waals surface area contributed by atoms with Crippen LogP contribution in [0.15, 0.2) is 23.1 Å². The molecule has 0 radical (unpaired) electrons. The Balaban J connectivity index is 3.28. The Hall–Kier alpha value is -1.16. The predicted octanol–water partition coefficient (Wildman–Crippen LogP) is 2.05. The predicted molar refractivity (Wildman–Crippen MR) is 63.2 cm³/mol. The Labute approximate surface area is 96.4 Å². The van der Waals surface area contributed by atoms with Crippen molar-refractivity contribution < 1.29 is 13.2 Å². The molecule has 0 amide bonds. The van der Waals surface area contributed by atoms with Gasteiger partial charge < -0.3 is 0 Å². The number of benzene rings is 1. The van der Waals surface area contributed by atoms with Crippen LogP contribution >= 0.6 is 0 Å². The van der Waals surface area contributed by atoms with E-state index in [-0.39, 0.29) is 10.7 Å². The van der Waals surface area contributed by atoms with Crippen LogP contribution < -0.4 is 0 Å². The lowest BCUT2D eigenvalue weighted by atomic mass is 10.1. The number of rotatable bonds is 3. The fraction of sp³-hybridized carbons (Fsp3) is 0.417. The molecule has 0 heterocycles. The molecule has 0 spiro atoms. The molecule has 0 saturated carbocycles. The summed E-state index contributed by atoms with van der Waals surface area (Å²) in [6.45, 7) is 6.49. The first-order valence-corrected chi connectivity index (χ1v) is 6.63. The summed E-state index contributed by atoms with van der Waals surface area (Å²) in [6.07, 6.45) is 0. The number of carbonyl (C=O) groups excluding carboxylic acids is 1. The van der Waals surface area contributed by atoms with Gasteiger partial charge in [0.15, 0.2) is 9.84 Å². The van der Waals surface area contributed by atoms with Crippen LogP contribution in [-0.2, 0) is 14.6 Å². The molecule has 0 N–H and O–H groups in total. The Bertz CT molecular complexity index is 515. The molecule has 1 aromatic carbocycles. The molecule has 0 bridgehead atoms. The Morgan fingerprint density at radius 1 is 1.19 bits per heavy atom. The summed E-state index contributed by atoms with van der Waals surface area (Å²) >= 11 is 0. The molecule has 88 valence electrons. The molecule has 0 saturated heterocycles. The van der Waals surface area contributed by atoms with Gasteiger partial charge in [0.05, 0.1) is 4.90 Å². The smallest absolute Gasteiger partial charge is 0.188 e. The summed E-state index contributed by atoms with van der Waals surface area (Å²) in [4.78, 5) is 11.4. The summed E-state index contributed by atoms with van der Waals surface area (Å²) in [5.41, 5.74) is 1.95. The second-order valence-electron chi connectivity index (χ2n) is 4.04. The van der Waals surface area contributed by atoms with Crippen molar-refractivity contribution in [3.8, 4) is 0 Å². The molecule has 0 aromatic heterocycles. The van der Waals surface area contributed by atoms with E-state index in [2.05, 4.69) is 0 Å². The molecule has 16 heavy (non-hydrogen) atoms. The summed E-state index contributed by atoms with van der Waals surface area (Å²) in [5, 5.41) is -0.977. The molecular weight excluding hydrogens is 224 g/mol. The molecule has 3 nitrogen and oxygen atoms in total. The largest absolute Gasteiger partial charge is 0.299 e. The summed E-state index contributed by atoms with van der Waals surface area (Å²) in [7, 11) is -3.53. The second kappa shape index (κ2) is 4.37. The van der Waals surface area contributed by atoms with Gasteiger partial charge in [-0.25, -0.2) is 8.42 Å². The minimum absolute atomic E-state index is 0.221. The molecule has 0 aliphatic carbocycles. The molecule has 1 atom stereocenters. The number of carbonyl (C=O) groups is 1. The maximum absolute atomic E-state index is 12.0. The van der Waals surface area contributed by atoms with Gasteiger partial charge in [-0.2, -0.15) is 0 Å². The van der Waals surface area contributed by atoms with Gasteiger partial charge >= 0.3 is 0 Å². The third-order valence-electron chi connectivity index (χ3n) is 2.84. The van der Waals surface area contributed by atoms with Crippen LogP contribution in [0.4, 0.5) is 0 Å². The van der Waals surface area contributed by atoms with E-state index >= 15 is 0 Å². The van der Waals surface area contributed by atoms with Crippen LogP contribution in [0.5, 0.6) is 0 Å². The first kappa shape index (κ1) is 12.9.